The van der Waals surface area contributed by atoms with Gasteiger partial charge in [-0.25, -0.2) is 4.39 Å². The smallest absolute Gasteiger partial charge is 0.391 e. The van der Waals surface area contributed by atoms with E-state index in [2.05, 4.69) is 0 Å². The normalized spacial score (nSPS) is 17.3. The van der Waals surface area contributed by atoms with E-state index in [4.69, 9.17) is 5.11 Å². The summed E-state index contributed by atoms with van der Waals surface area (Å²) in [7, 11) is 0. The molecule has 1 saturated heterocycles. The Labute approximate surface area is 112 Å². The SMILES string of the molecule is O=C(c1ccc(O)cc1F)N1CCC(C(F)(F)F)CC1. The number of halogens is 4. The van der Waals surface area contributed by atoms with Gasteiger partial charge in [-0.2, -0.15) is 13.2 Å². The molecule has 1 aliphatic rings. The fourth-order valence-electron chi connectivity index (χ4n) is 2.26. The van der Waals surface area contributed by atoms with Crippen molar-refractivity contribution in [1.82, 2.24) is 4.90 Å². The molecule has 0 unspecified atom stereocenters. The highest BCUT2D eigenvalue weighted by molar-refractivity contribution is 5.94. The summed E-state index contributed by atoms with van der Waals surface area (Å²) in [6.45, 7) is -0.105. The lowest BCUT2D eigenvalue weighted by Gasteiger charge is -2.33. The van der Waals surface area contributed by atoms with E-state index < -0.39 is 23.8 Å². The number of amides is 1. The zero-order chi connectivity index (χ0) is 14.9. The van der Waals surface area contributed by atoms with Crippen LogP contribution in [0.4, 0.5) is 17.6 Å². The average molecular weight is 291 g/mol. The van der Waals surface area contributed by atoms with Crippen molar-refractivity contribution in [2.45, 2.75) is 19.0 Å². The van der Waals surface area contributed by atoms with Gasteiger partial charge in [-0.1, -0.05) is 0 Å². The topological polar surface area (TPSA) is 40.5 Å². The highest BCUT2D eigenvalue weighted by atomic mass is 19.4. The third-order valence-electron chi connectivity index (χ3n) is 3.43. The Balaban J connectivity index is 2.05. The zero-order valence-electron chi connectivity index (χ0n) is 10.5. The number of piperidine rings is 1. The molecule has 0 spiro atoms. The van der Waals surface area contributed by atoms with E-state index >= 15 is 0 Å². The van der Waals surface area contributed by atoms with Crippen molar-refractivity contribution in [3.63, 3.8) is 0 Å². The van der Waals surface area contributed by atoms with Crippen molar-refractivity contribution in [3.05, 3.63) is 29.6 Å². The highest BCUT2D eigenvalue weighted by Gasteiger charge is 2.41. The number of rotatable bonds is 1. The lowest BCUT2D eigenvalue weighted by Crippen LogP contribution is -2.42. The van der Waals surface area contributed by atoms with Gasteiger partial charge in [0, 0.05) is 19.2 Å². The van der Waals surface area contributed by atoms with Crippen molar-refractivity contribution >= 4 is 5.91 Å². The lowest BCUT2D eigenvalue weighted by molar-refractivity contribution is -0.183. The molecular formula is C13H13F4NO2. The fraction of sp³-hybridized carbons (Fsp3) is 0.462. The maximum absolute atomic E-state index is 13.5. The van der Waals surface area contributed by atoms with Gasteiger partial charge in [0.15, 0.2) is 0 Å². The maximum Gasteiger partial charge on any atom is 0.391 e. The molecular weight excluding hydrogens is 278 g/mol. The maximum atomic E-state index is 13.5. The number of hydrogen-bond donors (Lipinski definition) is 1. The zero-order valence-corrected chi connectivity index (χ0v) is 10.5. The quantitative estimate of drug-likeness (QED) is 0.808. The van der Waals surface area contributed by atoms with E-state index in [9.17, 15) is 22.4 Å². The summed E-state index contributed by atoms with van der Waals surface area (Å²) in [5.41, 5.74) is -0.242. The number of carbonyl (C=O) groups excluding carboxylic acids is 1. The standard InChI is InChI=1S/C13H13F4NO2/c14-11-7-9(19)1-2-10(11)12(20)18-5-3-8(4-6-18)13(15,16)17/h1-2,7-8,19H,3-6H2. The van der Waals surface area contributed by atoms with Crippen molar-refractivity contribution in [3.8, 4) is 5.75 Å². The second-order valence-corrected chi connectivity index (χ2v) is 4.77. The third kappa shape index (κ3) is 3.02. The van der Waals surface area contributed by atoms with Crippen LogP contribution in [-0.4, -0.2) is 35.2 Å². The molecule has 0 radical (unpaired) electrons. The van der Waals surface area contributed by atoms with Crippen LogP contribution in [0.2, 0.25) is 0 Å². The van der Waals surface area contributed by atoms with Crippen LogP contribution in [-0.2, 0) is 0 Å². The molecule has 1 heterocycles. The van der Waals surface area contributed by atoms with Gasteiger partial charge in [0.1, 0.15) is 11.6 Å². The first-order valence-corrected chi connectivity index (χ1v) is 6.13. The highest BCUT2D eigenvalue weighted by Crippen LogP contribution is 2.34. The molecule has 1 aromatic carbocycles. The van der Waals surface area contributed by atoms with Crippen LogP contribution in [0.1, 0.15) is 23.2 Å². The van der Waals surface area contributed by atoms with Crippen LogP contribution < -0.4 is 0 Å². The van der Waals surface area contributed by atoms with Gasteiger partial charge in [-0.05, 0) is 25.0 Å². The molecule has 0 aromatic heterocycles. The minimum absolute atomic E-state index is 0.0523. The average Bonchev–Trinajstić information content (AvgIpc) is 2.37. The predicted molar refractivity (Wildman–Crippen MR) is 62.7 cm³/mol. The molecule has 1 N–H and O–H groups in total. The first kappa shape index (κ1) is 14.6. The molecule has 110 valence electrons. The number of carbonyl (C=O) groups is 1. The minimum Gasteiger partial charge on any atom is -0.508 e. The van der Waals surface area contributed by atoms with Gasteiger partial charge in [0.25, 0.3) is 5.91 Å². The second kappa shape index (κ2) is 5.30. The largest absolute Gasteiger partial charge is 0.508 e. The first-order chi connectivity index (χ1) is 9.29. The van der Waals surface area contributed by atoms with E-state index in [-0.39, 0.29) is 37.2 Å². The molecule has 3 nitrogen and oxygen atoms in total. The van der Waals surface area contributed by atoms with Crippen LogP contribution in [0.5, 0.6) is 5.75 Å². The van der Waals surface area contributed by atoms with Gasteiger partial charge in [-0.15, -0.1) is 0 Å². The summed E-state index contributed by atoms with van der Waals surface area (Å²) >= 11 is 0. The Morgan fingerprint density at radius 3 is 2.35 bits per heavy atom. The summed E-state index contributed by atoms with van der Waals surface area (Å²) in [6, 6.07) is 3.09. The monoisotopic (exact) mass is 291 g/mol. The van der Waals surface area contributed by atoms with Crippen molar-refractivity contribution in [1.29, 1.82) is 0 Å². The van der Waals surface area contributed by atoms with E-state index in [0.29, 0.717) is 0 Å². The Morgan fingerprint density at radius 2 is 1.85 bits per heavy atom. The van der Waals surface area contributed by atoms with Crippen molar-refractivity contribution in [2.75, 3.05) is 13.1 Å². The molecule has 1 fully saturated rings. The van der Waals surface area contributed by atoms with Crippen LogP contribution >= 0.6 is 0 Å². The number of phenols is 1. The Kier molecular flexibility index (Phi) is 3.87. The van der Waals surface area contributed by atoms with Gasteiger partial charge in [0.2, 0.25) is 0 Å². The predicted octanol–water partition coefficient (Wildman–Crippen LogP) is 2.95. The van der Waals surface area contributed by atoms with Gasteiger partial charge in [-0.3, -0.25) is 4.79 Å². The molecule has 0 atom stereocenters. The Bertz CT molecular complexity index is 508. The third-order valence-corrected chi connectivity index (χ3v) is 3.43. The Hall–Kier alpha value is -1.79. The minimum atomic E-state index is -4.25. The number of alkyl halides is 3. The van der Waals surface area contributed by atoms with Gasteiger partial charge >= 0.3 is 6.18 Å². The number of hydrogen-bond acceptors (Lipinski definition) is 2. The van der Waals surface area contributed by atoms with Gasteiger partial charge in [0.05, 0.1) is 11.5 Å². The van der Waals surface area contributed by atoms with Crippen LogP contribution in [0.25, 0.3) is 0 Å². The van der Waals surface area contributed by atoms with Crippen molar-refractivity contribution < 1.29 is 27.5 Å². The summed E-state index contributed by atoms with van der Waals surface area (Å²) < 4.78 is 51.1. The molecule has 7 heteroatoms. The molecule has 0 saturated carbocycles. The summed E-state index contributed by atoms with van der Waals surface area (Å²) in [4.78, 5) is 13.2. The summed E-state index contributed by atoms with van der Waals surface area (Å²) in [5.74, 6) is -3.25. The molecule has 0 bridgehead atoms. The fourth-order valence-corrected chi connectivity index (χ4v) is 2.26. The molecule has 1 aromatic rings. The first-order valence-electron chi connectivity index (χ1n) is 6.13. The molecule has 20 heavy (non-hydrogen) atoms. The van der Waals surface area contributed by atoms with Crippen molar-refractivity contribution in [2.24, 2.45) is 5.92 Å². The van der Waals surface area contributed by atoms with E-state index in [0.717, 1.165) is 12.1 Å². The second-order valence-electron chi connectivity index (χ2n) is 4.77. The van der Waals surface area contributed by atoms with Crippen LogP contribution in [0.3, 0.4) is 0 Å². The van der Waals surface area contributed by atoms with Gasteiger partial charge < -0.3 is 10.0 Å². The number of phenolic OH excluding ortho intramolecular Hbond substituents is 1. The number of aromatic hydroxyl groups is 1. The molecule has 1 aliphatic heterocycles. The Morgan fingerprint density at radius 1 is 1.25 bits per heavy atom. The lowest BCUT2D eigenvalue weighted by atomic mass is 9.96. The van der Waals surface area contributed by atoms with Crippen LogP contribution in [0.15, 0.2) is 18.2 Å². The molecule has 0 aliphatic carbocycles. The summed E-state index contributed by atoms with van der Waals surface area (Å²) in [6.07, 6.45) is -4.59. The number of nitrogens with zero attached hydrogens (tertiary/aromatic N) is 1. The summed E-state index contributed by atoms with van der Waals surface area (Å²) in [5, 5.41) is 9.06. The number of benzene rings is 1. The van der Waals surface area contributed by atoms with E-state index in [1.165, 1.54) is 11.0 Å². The van der Waals surface area contributed by atoms with E-state index in [1.54, 1.807) is 0 Å². The number of likely N-dealkylation sites (tertiary alicyclic amines) is 1. The van der Waals surface area contributed by atoms with E-state index in [1.807, 2.05) is 0 Å². The van der Waals surface area contributed by atoms with Crippen LogP contribution in [0, 0.1) is 11.7 Å². The molecule has 2 rings (SSSR count). The molecule has 1 amide bonds.